The number of thiocarbonyl (C=S) groups is 1. The van der Waals surface area contributed by atoms with E-state index in [0.717, 1.165) is 53.4 Å². The van der Waals surface area contributed by atoms with Crippen LogP contribution >= 0.6 is 51.5 Å². The van der Waals surface area contributed by atoms with Crippen molar-refractivity contribution < 1.29 is 14.3 Å². The summed E-state index contributed by atoms with van der Waals surface area (Å²) in [5.74, 6) is 0.653. The second-order valence-corrected chi connectivity index (χ2v) is 11.5. The molecule has 0 aliphatic carbocycles. The Morgan fingerprint density at radius 3 is 2.94 bits per heavy atom. The number of nitrogens with zero attached hydrogens (tertiary/aromatic N) is 2. The van der Waals surface area contributed by atoms with Crippen LogP contribution in [0.4, 0.5) is 0 Å². The molecule has 0 N–H and O–H groups in total. The normalized spacial score (nSPS) is 19.4. The molecule has 1 atom stereocenters. The summed E-state index contributed by atoms with van der Waals surface area (Å²) in [7, 11) is 0. The number of carbonyl (C=O) groups is 1. The van der Waals surface area contributed by atoms with Crippen molar-refractivity contribution in [2.24, 2.45) is 0 Å². The van der Waals surface area contributed by atoms with Crippen molar-refractivity contribution in [3.63, 3.8) is 0 Å². The van der Waals surface area contributed by atoms with Gasteiger partial charge < -0.3 is 14.0 Å². The van der Waals surface area contributed by atoms with Gasteiger partial charge in [0.05, 0.1) is 29.2 Å². The average Bonchev–Trinajstić information content (AvgIpc) is 3.54. The maximum Gasteiger partial charge on any atom is 0.266 e. The van der Waals surface area contributed by atoms with Crippen molar-refractivity contribution in [2.75, 3.05) is 19.8 Å². The van der Waals surface area contributed by atoms with Gasteiger partial charge in [-0.15, -0.1) is 0 Å². The highest BCUT2D eigenvalue weighted by Crippen LogP contribution is 2.36. The molecular formula is C26H24BrClN2O3S2. The van der Waals surface area contributed by atoms with Gasteiger partial charge in [0.1, 0.15) is 10.1 Å². The number of amides is 1. The van der Waals surface area contributed by atoms with E-state index in [1.165, 1.54) is 11.8 Å². The number of fused-ring (bicyclic) bond motifs is 1. The first-order chi connectivity index (χ1) is 17.0. The van der Waals surface area contributed by atoms with Crippen LogP contribution in [0.3, 0.4) is 0 Å². The fraction of sp³-hybridized carbons (Fsp3) is 0.308. The maximum absolute atomic E-state index is 13.1. The van der Waals surface area contributed by atoms with E-state index in [-0.39, 0.29) is 12.0 Å². The van der Waals surface area contributed by atoms with Gasteiger partial charge in [-0.3, -0.25) is 9.69 Å². The van der Waals surface area contributed by atoms with Crippen LogP contribution in [-0.2, 0) is 16.1 Å². The molecule has 2 saturated heterocycles. The van der Waals surface area contributed by atoms with Crippen molar-refractivity contribution in [3.8, 4) is 5.75 Å². The number of rotatable bonds is 8. The first kappa shape index (κ1) is 24.8. The van der Waals surface area contributed by atoms with Crippen molar-refractivity contribution >= 4 is 78.7 Å². The van der Waals surface area contributed by atoms with Crippen LogP contribution in [0.1, 0.15) is 24.8 Å². The quantitative estimate of drug-likeness (QED) is 0.162. The fourth-order valence-electron chi connectivity index (χ4n) is 4.37. The van der Waals surface area contributed by atoms with Crippen molar-refractivity contribution in [3.05, 3.63) is 68.6 Å². The third-order valence-corrected chi connectivity index (χ3v) is 8.27. The Balaban J connectivity index is 1.33. The molecule has 3 heterocycles. The Morgan fingerprint density at radius 2 is 2.14 bits per heavy atom. The lowest BCUT2D eigenvalue weighted by Gasteiger charge is -2.18. The summed E-state index contributed by atoms with van der Waals surface area (Å²) in [4.78, 5) is 15.5. The number of ether oxygens (including phenoxy) is 2. The van der Waals surface area contributed by atoms with Crippen LogP contribution in [0.2, 0.25) is 5.02 Å². The third kappa shape index (κ3) is 5.62. The van der Waals surface area contributed by atoms with E-state index in [2.05, 4.69) is 38.8 Å². The second-order valence-electron chi connectivity index (χ2n) is 8.50. The molecule has 5 rings (SSSR count). The molecule has 0 saturated carbocycles. The van der Waals surface area contributed by atoms with Crippen LogP contribution < -0.4 is 4.74 Å². The van der Waals surface area contributed by atoms with Gasteiger partial charge in [0.15, 0.2) is 0 Å². The Morgan fingerprint density at radius 1 is 1.29 bits per heavy atom. The predicted octanol–water partition coefficient (Wildman–Crippen LogP) is 6.91. The monoisotopic (exact) mass is 590 g/mol. The molecule has 2 aliphatic rings. The largest absolute Gasteiger partial charge is 0.492 e. The molecule has 35 heavy (non-hydrogen) atoms. The first-order valence-corrected chi connectivity index (χ1v) is 13.9. The first-order valence-electron chi connectivity index (χ1n) is 11.5. The number of benzene rings is 2. The zero-order valence-electron chi connectivity index (χ0n) is 18.9. The van der Waals surface area contributed by atoms with E-state index >= 15 is 0 Å². The summed E-state index contributed by atoms with van der Waals surface area (Å²) in [5, 5.41) is 1.69. The summed E-state index contributed by atoms with van der Waals surface area (Å²) in [6.07, 6.45) is 6.95. The zero-order chi connectivity index (χ0) is 24.4. The minimum atomic E-state index is -0.0421. The van der Waals surface area contributed by atoms with E-state index in [9.17, 15) is 4.79 Å². The van der Waals surface area contributed by atoms with E-state index in [0.29, 0.717) is 33.1 Å². The van der Waals surface area contributed by atoms with E-state index in [4.69, 9.17) is 33.3 Å². The Hall–Kier alpha value is -1.84. The minimum absolute atomic E-state index is 0.0421. The summed E-state index contributed by atoms with van der Waals surface area (Å²) in [6, 6.07) is 13.7. The number of aromatic nitrogens is 1. The molecular weight excluding hydrogens is 568 g/mol. The lowest BCUT2D eigenvalue weighted by Crippen LogP contribution is -2.35. The van der Waals surface area contributed by atoms with Gasteiger partial charge >= 0.3 is 0 Å². The topological polar surface area (TPSA) is 43.7 Å². The standard InChI is InChI=1S/C26H24BrClN2O3S2/c27-18-8-9-22-20(14-18)17(15-29(22)10-4-12-33-23-7-2-1-6-21(23)28)13-24-25(31)30(26(34)35-24)16-19-5-3-11-32-19/h1-2,6-9,13-15,19H,3-5,10-12,16H2/b24-13-/t19-/m1/s1. The molecule has 3 aromatic rings. The lowest BCUT2D eigenvalue weighted by atomic mass is 10.1. The van der Waals surface area contributed by atoms with E-state index < -0.39 is 0 Å². The van der Waals surface area contributed by atoms with Crippen LogP contribution in [0.5, 0.6) is 5.75 Å². The molecule has 0 spiro atoms. The molecule has 1 aromatic heterocycles. The zero-order valence-corrected chi connectivity index (χ0v) is 22.9. The van der Waals surface area contributed by atoms with Gasteiger partial charge in [-0.2, -0.15) is 0 Å². The van der Waals surface area contributed by atoms with Crippen LogP contribution in [0, 0.1) is 0 Å². The number of carbonyl (C=O) groups excluding carboxylic acids is 1. The molecule has 182 valence electrons. The second kappa shape index (κ2) is 11.0. The molecule has 0 unspecified atom stereocenters. The van der Waals surface area contributed by atoms with Gasteiger partial charge in [-0.05, 0) is 55.7 Å². The molecule has 5 nitrogen and oxygen atoms in total. The van der Waals surface area contributed by atoms with Crippen molar-refractivity contribution in [1.82, 2.24) is 9.47 Å². The summed E-state index contributed by atoms with van der Waals surface area (Å²) < 4.78 is 15.4. The third-order valence-electron chi connectivity index (χ3n) is 6.08. The molecule has 2 fully saturated rings. The molecule has 9 heteroatoms. The predicted molar refractivity (Wildman–Crippen MR) is 150 cm³/mol. The Labute approximate surface area is 227 Å². The highest BCUT2D eigenvalue weighted by atomic mass is 79.9. The number of halogens is 2. The molecule has 2 aromatic carbocycles. The van der Waals surface area contributed by atoms with Gasteiger partial charge in [0.25, 0.3) is 5.91 Å². The molecule has 1 amide bonds. The average molecular weight is 592 g/mol. The maximum atomic E-state index is 13.1. The van der Waals surface area contributed by atoms with Crippen LogP contribution in [0.25, 0.3) is 17.0 Å². The SMILES string of the molecule is O=C1/C(=C/c2cn(CCCOc3ccccc3Cl)c3ccc(Br)cc23)SC(=S)N1C[C@H]1CCCO1. The Kier molecular flexibility index (Phi) is 7.84. The van der Waals surface area contributed by atoms with Crippen molar-refractivity contribution in [1.29, 1.82) is 0 Å². The number of hydrogen-bond donors (Lipinski definition) is 0. The highest BCUT2D eigenvalue weighted by molar-refractivity contribution is 9.10. The minimum Gasteiger partial charge on any atom is -0.492 e. The van der Waals surface area contributed by atoms with Crippen LogP contribution in [-0.4, -0.2) is 45.6 Å². The Bertz CT molecular complexity index is 1300. The van der Waals surface area contributed by atoms with E-state index in [1.807, 2.05) is 36.4 Å². The summed E-state index contributed by atoms with van der Waals surface area (Å²) in [5.41, 5.74) is 2.10. The molecule has 0 bridgehead atoms. The summed E-state index contributed by atoms with van der Waals surface area (Å²) in [6.45, 7) is 2.61. The highest BCUT2D eigenvalue weighted by Gasteiger charge is 2.34. The van der Waals surface area contributed by atoms with Crippen LogP contribution in [0.15, 0.2) is 58.0 Å². The fourth-order valence-corrected chi connectivity index (χ4v) is 6.18. The lowest BCUT2D eigenvalue weighted by molar-refractivity contribution is -0.123. The number of thioether (sulfide) groups is 1. The number of hydrogen-bond acceptors (Lipinski definition) is 5. The van der Waals surface area contributed by atoms with Gasteiger partial charge in [0, 0.05) is 40.3 Å². The summed E-state index contributed by atoms with van der Waals surface area (Å²) >= 11 is 16.7. The van der Waals surface area contributed by atoms with Crippen molar-refractivity contribution in [2.45, 2.75) is 31.9 Å². The smallest absolute Gasteiger partial charge is 0.266 e. The molecule has 0 radical (unpaired) electrons. The number of aryl methyl sites for hydroxylation is 1. The van der Waals surface area contributed by atoms with Gasteiger partial charge in [0.2, 0.25) is 0 Å². The van der Waals surface area contributed by atoms with E-state index in [1.54, 1.807) is 4.90 Å². The number of para-hydroxylation sites is 1. The van der Waals surface area contributed by atoms with Gasteiger partial charge in [-0.1, -0.05) is 63.6 Å². The van der Waals surface area contributed by atoms with Gasteiger partial charge in [-0.25, -0.2) is 0 Å². The molecule has 2 aliphatic heterocycles.